The van der Waals surface area contributed by atoms with Crippen LogP contribution < -0.4 is 5.73 Å². The maximum absolute atomic E-state index is 5.53. The number of aromatic nitrogens is 2. The molecule has 0 saturated heterocycles. The molecule has 0 aliphatic carbocycles. The Morgan fingerprint density at radius 2 is 2.29 bits per heavy atom. The van der Waals surface area contributed by atoms with Gasteiger partial charge in [0.25, 0.3) is 0 Å². The number of halogens is 1. The number of hydrogen-bond acceptors (Lipinski definition) is 2. The third-order valence-electron chi connectivity index (χ3n) is 2.64. The molecule has 1 aromatic heterocycles. The molecule has 0 aliphatic rings. The highest BCUT2D eigenvalue weighted by Crippen LogP contribution is 2.21. The van der Waals surface area contributed by atoms with Gasteiger partial charge in [0, 0.05) is 10.9 Å². The minimum atomic E-state index is 0.554. The number of hydrogen-bond donors (Lipinski definition) is 1. The molecule has 1 aromatic carbocycles. The summed E-state index contributed by atoms with van der Waals surface area (Å²) in [7, 11) is 0. The normalized spacial score (nSPS) is 10.6. The van der Waals surface area contributed by atoms with Crippen molar-refractivity contribution in [2.24, 2.45) is 5.73 Å². The zero-order valence-corrected chi connectivity index (χ0v) is 11.1. The largest absolute Gasteiger partial charge is 0.330 e. The second kappa shape index (κ2) is 5.35. The first-order valence-corrected chi connectivity index (χ1v) is 6.33. The van der Waals surface area contributed by atoms with Crippen LogP contribution in [0.1, 0.15) is 12.2 Å². The summed E-state index contributed by atoms with van der Waals surface area (Å²) in [4.78, 5) is 4.61. The Bertz CT molecular complexity index is 566. The van der Waals surface area contributed by atoms with Gasteiger partial charge in [0.15, 0.2) is 0 Å². The van der Waals surface area contributed by atoms with Crippen molar-refractivity contribution in [3.05, 3.63) is 28.5 Å². The predicted octanol–water partition coefficient (Wildman–Crippen LogP) is 2.32. The van der Waals surface area contributed by atoms with E-state index in [1.54, 1.807) is 0 Å². The van der Waals surface area contributed by atoms with Crippen molar-refractivity contribution in [2.45, 2.75) is 19.4 Å². The van der Waals surface area contributed by atoms with E-state index in [0.717, 1.165) is 34.2 Å². The van der Waals surface area contributed by atoms with Crippen molar-refractivity contribution in [1.29, 1.82) is 0 Å². The lowest BCUT2D eigenvalue weighted by Gasteiger charge is -2.04. The molecule has 0 aliphatic heterocycles. The van der Waals surface area contributed by atoms with Crippen molar-refractivity contribution in [3.8, 4) is 12.3 Å². The van der Waals surface area contributed by atoms with Crippen LogP contribution in [0, 0.1) is 12.3 Å². The SMILES string of the molecule is C#CCn1c(CCCN)nc2cc(Br)ccc21. The van der Waals surface area contributed by atoms with Crippen LogP contribution in [0.3, 0.4) is 0 Å². The molecule has 2 aromatic rings. The summed E-state index contributed by atoms with van der Waals surface area (Å²) in [5.41, 5.74) is 7.59. The van der Waals surface area contributed by atoms with Gasteiger partial charge in [-0.05, 0) is 31.2 Å². The molecule has 0 amide bonds. The fourth-order valence-corrected chi connectivity index (χ4v) is 2.22. The fourth-order valence-electron chi connectivity index (χ4n) is 1.87. The Balaban J connectivity index is 2.50. The molecule has 0 atom stereocenters. The van der Waals surface area contributed by atoms with Crippen molar-refractivity contribution in [2.75, 3.05) is 6.54 Å². The van der Waals surface area contributed by atoms with Crippen LogP contribution in [-0.4, -0.2) is 16.1 Å². The van der Waals surface area contributed by atoms with Crippen LogP contribution in [0.4, 0.5) is 0 Å². The average Bonchev–Trinajstić information content (AvgIpc) is 2.64. The van der Waals surface area contributed by atoms with Crippen LogP contribution in [0.15, 0.2) is 22.7 Å². The molecule has 0 unspecified atom stereocenters. The molecule has 1 heterocycles. The molecule has 0 saturated carbocycles. The smallest absolute Gasteiger partial charge is 0.110 e. The van der Waals surface area contributed by atoms with Gasteiger partial charge in [0.05, 0.1) is 17.6 Å². The molecular weight excluding hydrogens is 278 g/mol. The minimum Gasteiger partial charge on any atom is -0.330 e. The molecule has 2 N–H and O–H groups in total. The molecule has 0 fully saturated rings. The van der Waals surface area contributed by atoms with E-state index in [-0.39, 0.29) is 0 Å². The van der Waals surface area contributed by atoms with Crippen molar-refractivity contribution in [1.82, 2.24) is 9.55 Å². The maximum atomic E-state index is 5.53. The van der Waals surface area contributed by atoms with E-state index >= 15 is 0 Å². The van der Waals surface area contributed by atoms with E-state index in [2.05, 4.69) is 31.4 Å². The summed E-state index contributed by atoms with van der Waals surface area (Å²) in [6.07, 6.45) is 7.20. The van der Waals surface area contributed by atoms with Crippen LogP contribution >= 0.6 is 15.9 Å². The summed E-state index contributed by atoms with van der Waals surface area (Å²) in [5, 5.41) is 0. The van der Waals surface area contributed by atoms with Crippen molar-refractivity contribution in [3.63, 3.8) is 0 Å². The van der Waals surface area contributed by atoms with Gasteiger partial charge in [0.2, 0.25) is 0 Å². The lowest BCUT2D eigenvalue weighted by atomic mass is 10.3. The molecule has 17 heavy (non-hydrogen) atoms. The van der Waals surface area contributed by atoms with E-state index in [1.165, 1.54) is 0 Å². The average molecular weight is 292 g/mol. The third kappa shape index (κ3) is 2.51. The number of aryl methyl sites for hydroxylation is 1. The van der Waals surface area contributed by atoms with Gasteiger partial charge in [-0.15, -0.1) is 6.42 Å². The Morgan fingerprint density at radius 1 is 1.47 bits per heavy atom. The van der Waals surface area contributed by atoms with E-state index < -0.39 is 0 Å². The van der Waals surface area contributed by atoms with Crippen molar-refractivity contribution < 1.29 is 0 Å². The van der Waals surface area contributed by atoms with Gasteiger partial charge in [-0.25, -0.2) is 4.98 Å². The van der Waals surface area contributed by atoms with Gasteiger partial charge in [-0.3, -0.25) is 0 Å². The molecular formula is C13H14BrN3. The lowest BCUT2D eigenvalue weighted by molar-refractivity contribution is 0.719. The van der Waals surface area contributed by atoms with Gasteiger partial charge in [-0.1, -0.05) is 21.9 Å². The monoisotopic (exact) mass is 291 g/mol. The Kier molecular flexibility index (Phi) is 3.82. The number of fused-ring (bicyclic) bond motifs is 1. The topological polar surface area (TPSA) is 43.8 Å². The Hall–Kier alpha value is -1.31. The number of rotatable bonds is 4. The molecule has 3 nitrogen and oxygen atoms in total. The van der Waals surface area contributed by atoms with Crippen molar-refractivity contribution >= 4 is 27.0 Å². The zero-order valence-electron chi connectivity index (χ0n) is 9.49. The van der Waals surface area contributed by atoms with Crippen LogP contribution in [0.5, 0.6) is 0 Å². The second-order valence-electron chi connectivity index (χ2n) is 3.84. The van der Waals surface area contributed by atoms with Gasteiger partial charge >= 0.3 is 0 Å². The summed E-state index contributed by atoms with van der Waals surface area (Å²) < 4.78 is 3.11. The molecule has 2 rings (SSSR count). The molecule has 0 spiro atoms. The molecule has 88 valence electrons. The van der Waals surface area contributed by atoms with Crippen LogP contribution in [-0.2, 0) is 13.0 Å². The summed E-state index contributed by atoms with van der Waals surface area (Å²) in [6, 6.07) is 6.05. The quantitative estimate of drug-likeness (QED) is 0.879. The Labute approximate surface area is 109 Å². The Morgan fingerprint density at radius 3 is 3.00 bits per heavy atom. The molecule has 4 heteroatoms. The standard InChI is InChI=1S/C13H14BrN3/c1-2-8-17-12-6-5-10(14)9-11(12)16-13(17)4-3-7-15/h1,5-6,9H,3-4,7-8,15H2. The number of nitrogens with zero attached hydrogens (tertiary/aromatic N) is 2. The summed E-state index contributed by atoms with van der Waals surface area (Å²) in [6.45, 7) is 1.22. The van der Waals surface area contributed by atoms with Crippen LogP contribution in [0.2, 0.25) is 0 Å². The number of nitrogens with two attached hydrogens (primary N) is 1. The predicted molar refractivity (Wildman–Crippen MR) is 73.6 cm³/mol. The first-order chi connectivity index (χ1) is 8.26. The third-order valence-corrected chi connectivity index (χ3v) is 3.14. The van der Waals surface area contributed by atoms with Gasteiger partial charge < -0.3 is 10.3 Å². The van der Waals surface area contributed by atoms with Crippen LogP contribution in [0.25, 0.3) is 11.0 Å². The number of terminal acetylenes is 1. The van der Waals surface area contributed by atoms with E-state index in [4.69, 9.17) is 12.2 Å². The fraction of sp³-hybridized carbons (Fsp3) is 0.308. The second-order valence-corrected chi connectivity index (χ2v) is 4.76. The number of imidazole rings is 1. The van der Waals surface area contributed by atoms with Gasteiger partial charge in [0.1, 0.15) is 5.82 Å². The van der Waals surface area contributed by atoms with E-state index in [0.29, 0.717) is 13.1 Å². The maximum Gasteiger partial charge on any atom is 0.110 e. The van der Waals surface area contributed by atoms with E-state index in [1.807, 2.05) is 18.2 Å². The lowest BCUT2D eigenvalue weighted by Crippen LogP contribution is -2.06. The minimum absolute atomic E-state index is 0.554. The summed E-state index contributed by atoms with van der Waals surface area (Å²) >= 11 is 3.45. The first-order valence-electron chi connectivity index (χ1n) is 5.54. The highest BCUT2D eigenvalue weighted by Gasteiger charge is 2.09. The summed E-state index contributed by atoms with van der Waals surface area (Å²) in [5.74, 6) is 3.69. The zero-order chi connectivity index (χ0) is 12.3. The number of benzene rings is 1. The highest BCUT2D eigenvalue weighted by atomic mass is 79.9. The first kappa shape index (κ1) is 12.2. The molecule has 0 radical (unpaired) electrons. The highest BCUT2D eigenvalue weighted by molar-refractivity contribution is 9.10. The van der Waals surface area contributed by atoms with Gasteiger partial charge in [-0.2, -0.15) is 0 Å². The molecule has 0 bridgehead atoms. The van der Waals surface area contributed by atoms with E-state index in [9.17, 15) is 0 Å².